The second-order valence-corrected chi connectivity index (χ2v) is 4.82. The highest BCUT2D eigenvalue weighted by Crippen LogP contribution is 2.14. The van der Waals surface area contributed by atoms with Gasteiger partial charge in [0.1, 0.15) is 0 Å². The first-order valence-electron chi connectivity index (χ1n) is 5.21. The summed E-state index contributed by atoms with van der Waals surface area (Å²) in [7, 11) is 1.75. The molecule has 0 fully saturated rings. The van der Waals surface area contributed by atoms with Gasteiger partial charge in [-0.3, -0.25) is 4.79 Å². The summed E-state index contributed by atoms with van der Waals surface area (Å²) in [4.78, 5) is 14.8. The summed E-state index contributed by atoms with van der Waals surface area (Å²) >= 11 is 1.69. The van der Waals surface area contributed by atoms with Crippen molar-refractivity contribution in [3.05, 3.63) is 28.2 Å². The second kappa shape index (κ2) is 5.05. The smallest absolute Gasteiger partial charge is 0.295 e. The van der Waals surface area contributed by atoms with Gasteiger partial charge in [0, 0.05) is 24.4 Å². The molecule has 0 radical (unpaired) electrons. The number of thiophene rings is 1. The molecule has 0 spiro atoms. The Bertz CT molecular complexity index is 467. The molecule has 0 saturated carbocycles. The fourth-order valence-corrected chi connectivity index (χ4v) is 2.29. The average molecular weight is 251 g/mol. The molecule has 6 nitrogen and oxygen atoms in total. The molecule has 0 aliphatic rings. The number of rotatable bonds is 4. The molecule has 1 atom stereocenters. The molecule has 2 rings (SSSR count). The Hall–Kier alpha value is -1.76. The zero-order valence-electron chi connectivity index (χ0n) is 9.62. The first kappa shape index (κ1) is 11.7. The number of hydrogen-bond acceptors (Lipinski definition) is 5. The van der Waals surface area contributed by atoms with E-state index in [1.54, 1.807) is 23.3 Å². The van der Waals surface area contributed by atoms with Crippen LogP contribution in [0.2, 0.25) is 0 Å². The van der Waals surface area contributed by atoms with Crippen molar-refractivity contribution in [2.24, 2.45) is 0 Å². The largest absolute Gasteiger partial charge is 0.336 e. The monoisotopic (exact) mass is 251 g/mol. The van der Waals surface area contributed by atoms with Gasteiger partial charge in [-0.1, -0.05) is 6.07 Å². The number of carbonyl (C=O) groups is 1. The van der Waals surface area contributed by atoms with E-state index in [1.807, 2.05) is 18.4 Å². The van der Waals surface area contributed by atoms with E-state index in [2.05, 4.69) is 26.7 Å². The second-order valence-electron chi connectivity index (χ2n) is 3.78. The fraction of sp³-hybridized carbons (Fsp3) is 0.400. The van der Waals surface area contributed by atoms with E-state index in [1.165, 1.54) is 4.88 Å². The third-order valence-corrected chi connectivity index (χ3v) is 3.49. The first-order valence-corrected chi connectivity index (χ1v) is 6.09. The Kier molecular flexibility index (Phi) is 3.48. The summed E-state index contributed by atoms with van der Waals surface area (Å²) in [5.41, 5.74) is 0. The SMILES string of the molecule is CC(Cc1cccs1)N(C)C(=O)c1nn[nH]n1. The van der Waals surface area contributed by atoms with Gasteiger partial charge in [-0.2, -0.15) is 5.21 Å². The number of likely N-dealkylation sites (N-methyl/N-ethyl adjacent to an activating group) is 1. The molecule has 0 aromatic carbocycles. The normalized spacial score (nSPS) is 12.4. The van der Waals surface area contributed by atoms with Gasteiger partial charge in [0.05, 0.1) is 0 Å². The summed E-state index contributed by atoms with van der Waals surface area (Å²) in [5.74, 6) is -0.117. The van der Waals surface area contributed by atoms with E-state index < -0.39 is 0 Å². The van der Waals surface area contributed by atoms with Gasteiger partial charge < -0.3 is 4.90 Å². The van der Waals surface area contributed by atoms with Gasteiger partial charge in [0.15, 0.2) is 0 Å². The number of H-pyrrole nitrogens is 1. The Morgan fingerprint density at radius 1 is 1.65 bits per heavy atom. The molecule has 0 aliphatic heterocycles. The molecular weight excluding hydrogens is 238 g/mol. The van der Waals surface area contributed by atoms with E-state index in [4.69, 9.17) is 0 Å². The number of hydrogen-bond donors (Lipinski definition) is 1. The highest BCUT2D eigenvalue weighted by molar-refractivity contribution is 7.09. The summed E-state index contributed by atoms with van der Waals surface area (Å²) in [5, 5.41) is 15.0. The van der Waals surface area contributed by atoms with Crippen molar-refractivity contribution in [2.45, 2.75) is 19.4 Å². The molecule has 0 bridgehead atoms. The van der Waals surface area contributed by atoms with Gasteiger partial charge in [-0.05, 0) is 23.6 Å². The van der Waals surface area contributed by atoms with Crippen molar-refractivity contribution in [2.75, 3.05) is 7.05 Å². The predicted molar refractivity (Wildman–Crippen MR) is 63.8 cm³/mol. The first-order chi connectivity index (χ1) is 8.18. The molecule has 1 N–H and O–H groups in total. The van der Waals surface area contributed by atoms with Crippen molar-refractivity contribution in [1.29, 1.82) is 0 Å². The van der Waals surface area contributed by atoms with Crippen LogP contribution in [0.3, 0.4) is 0 Å². The number of tetrazole rings is 1. The Labute approximate surface area is 103 Å². The van der Waals surface area contributed by atoms with Crippen molar-refractivity contribution < 1.29 is 4.79 Å². The van der Waals surface area contributed by atoms with Crippen LogP contribution in [0.25, 0.3) is 0 Å². The maximum Gasteiger partial charge on any atom is 0.295 e. The number of carbonyl (C=O) groups excluding carboxylic acids is 1. The average Bonchev–Trinajstić information content (AvgIpc) is 2.99. The van der Waals surface area contributed by atoms with Crippen LogP contribution in [0.1, 0.15) is 22.4 Å². The zero-order valence-corrected chi connectivity index (χ0v) is 10.4. The third kappa shape index (κ3) is 2.68. The van der Waals surface area contributed by atoms with Crippen LogP contribution in [-0.4, -0.2) is 44.5 Å². The predicted octanol–water partition coefficient (Wildman–Crippen LogP) is 0.964. The molecule has 7 heteroatoms. The van der Waals surface area contributed by atoms with Crippen LogP contribution < -0.4 is 0 Å². The highest BCUT2D eigenvalue weighted by atomic mass is 32.1. The third-order valence-electron chi connectivity index (χ3n) is 2.59. The lowest BCUT2D eigenvalue weighted by atomic mass is 10.2. The molecule has 2 aromatic heterocycles. The number of aromatic nitrogens is 4. The minimum absolute atomic E-state index is 0.0969. The Morgan fingerprint density at radius 2 is 2.47 bits per heavy atom. The van der Waals surface area contributed by atoms with E-state index in [-0.39, 0.29) is 17.8 Å². The number of nitrogens with zero attached hydrogens (tertiary/aromatic N) is 4. The molecule has 90 valence electrons. The minimum Gasteiger partial charge on any atom is -0.336 e. The lowest BCUT2D eigenvalue weighted by Crippen LogP contribution is -2.36. The van der Waals surface area contributed by atoms with Crippen LogP contribution in [0.5, 0.6) is 0 Å². The molecule has 2 aromatic rings. The quantitative estimate of drug-likeness (QED) is 0.878. The standard InChI is InChI=1S/C10H13N5OS/c1-7(6-8-4-3-5-17-8)15(2)10(16)9-11-13-14-12-9/h3-5,7H,6H2,1-2H3,(H,11,12,13,14). The fourth-order valence-electron chi connectivity index (χ4n) is 1.47. The van der Waals surface area contributed by atoms with Crippen LogP contribution >= 0.6 is 11.3 Å². The van der Waals surface area contributed by atoms with E-state index in [0.717, 1.165) is 6.42 Å². The van der Waals surface area contributed by atoms with Crippen LogP contribution in [0.4, 0.5) is 0 Å². The topological polar surface area (TPSA) is 74.8 Å². The van der Waals surface area contributed by atoms with Crippen molar-refractivity contribution >= 4 is 17.2 Å². The molecule has 17 heavy (non-hydrogen) atoms. The molecule has 2 heterocycles. The number of aromatic amines is 1. The summed E-state index contributed by atoms with van der Waals surface area (Å²) in [6.45, 7) is 2.00. The Morgan fingerprint density at radius 3 is 3.06 bits per heavy atom. The molecule has 1 amide bonds. The van der Waals surface area contributed by atoms with Crippen molar-refractivity contribution in [1.82, 2.24) is 25.5 Å². The van der Waals surface area contributed by atoms with E-state index in [9.17, 15) is 4.79 Å². The lowest BCUT2D eigenvalue weighted by molar-refractivity contribution is 0.0731. The van der Waals surface area contributed by atoms with Crippen LogP contribution in [-0.2, 0) is 6.42 Å². The van der Waals surface area contributed by atoms with Crippen molar-refractivity contribution in [3.8, 4) is 0 Å². The van der Waals surface area contributed by atoms with Gasteiger partial charge in [0.2, 0.25) is 0 Å². The van der Waals surface area contributed by atoms with Crippen LogP contribution in [0, 0.1) is 0 Å². The molecular formula is C10H13N5OS. The molecule has 0 aliphatic carbocycles. The Balaban J connectivity index is 2.00. The van der Waals surface area contributed by atoms with Crippen LogP contribution in [0.15, 0.2) is 17.5 Å². The van der Waals surface area contributed by atoms with Gasteiger partial charge in [-0.25, -0.2) is 0 Å². The summed E-state index contributed by atoms with van der Waals surface area (Å²) in [6, 6.07) is 4.17. The summed E-state index contributed by atoms with van der Waals surface area (Å²) < 4.78 is 0. The van der Waals surface area contributed by atoms with E-state index >= 15 is 0 Å². The maximum atomic E-state index is 11.9. The van der Waals surface area contributed by atoms with Gasteiger partial charge in [-0.15, -0.1) is 21.5 Å². The molecule has 1 unspecified atom stereocenters. The minimum atomic E-state index is -0.220. The maximum absolute atomic E-state index is 11.9. The van der Waals surface area contributed by atoms with Gasteiger partial charge >= 0.3 is 0 Å². The lowest BCUT2D eigenvalue weighted by Gasteiger charge is -2.23. The number of amides is 1. The summed E-state index contributed by atoms with van der Waals surface area (Å²) in [6.07, 6.45) is 0.831. The van der Waals surface area contributed by atoms with Crippen molar-refractivity contribution in [3.63, 3.8) is 0 Å². The molecule has 0 saturated heterocycles. The zero-order chi connectivity index (χ0) is 12.3. The van der Waals surface area contributed by atoms with E-state index in [0.29, 0.717) is 0 Å². The van der Waals surface area contributed by atoms with Gasteiger partial charge in [0.25, 0.3) is 11.7 Å². The highest BCUT2D eigenvalue weighted by Gasteiger charge is 2.21. The number of nitrogens with one attached hydrogen (secondary N) is 1.